The van der Waals surface area contributed by atoms with Crippen LogP contribution in [0.1, 0.15) is 23.7 Å². The van der Waals surface area contributed by atoms with E-state index in [0.29, 0.717) is 17.5 Å². The number of rotatable bonds is 5. The van der Waals surface area contributed by atoms with Crippen LogP contribution in [0, 0.1) is 0 Å². The first kappa shape index (κ1) is 34.7. The molecule has 0 aliphatic heterocycles. The lowest BCUT2D eigenvalue weighted by atomic mass is 9.90. The summed E-state index contributed by atoms with van der Waals surface area (Å²) in [6.45, 7) is 0. The molecule has 3 heterocycles. The molecule has 0 saturated heterocycles. The standard InChI is InChI=1S/C57H35N3O2/c1-3-16-39-34(13-1)15-11-22-40(39)35-27-29-36(30-28-35)55-58-56(47-24-12-23-45-44-20-7-9-25-50(44)62-54(45)47)60-57(59-55)49-32-38(33-52-53(49)46-21-8-10-26-51(46)61-52)48-31-37-14-2-4-17-41(37)42-18-5-6-19-43(42)48/h1-29,31-33,36H,30H2. The SMILES string of the molecule is C1=CC(c2nc(-c3cccc4c3oc3ccccc34)nc(-c3cc(-c4cc5ccccc5c5ccccc45)cc4oc5ccccc5c34)n2)CC=C1c1cccc2ccccc12. The fraction of sp³-hybridized carbons (Fsp3) is 0.0351. The van der Waals surface area contributed by atoms with Crippen molar-refractivity contribution in [1.82, 2.24) is 15.0 Å². The number of para-hydroxylation sites is 3. The molecule has 3 aromatic heterocycles. The van der Waals surface area contributed by atoms with E-state index < -0.39 is 0 Å². The van der Waals surface area contributed by atoms with Crippen LogP contribution in [0.5, 0.6) is 0 Å². The molecule has 9 aromatic carbocycles. The molecule has 0 bridgehead atoms. The fourth-order valence-electron chi connectivity index (χ4n) is 9.69. The normalized spacial score (nSPS) is 14.3. The summed E-state index contributed by atoms with van der Waals surface area (Å²) in [6.07, 6.45) is 7.54. The Morgan fingerprint density at radius 1 is 0.419 bits per heavy atom. The molecule has 0 spiro atoms. The molecule has 0 saturated carbocycles. The van der Waals surface area contributed by atoms with Gasteiger partial charge in [0.05, 0.1) is 5.56 Å². The Labute approximate surface area is 355 Å². The summed E-state index contributed by atoms with van der Waals surface area (Å²) in [4.78, 5) is 16.2. The van der Waals surface area contributed by atoms with Crippen molar-refractivity contribution in [2.75, 3.05) is 0 Å². The number of hydrogen-bond acceptors (Lipinski definition) is 5. The van der Waals surface area contributed by atoms with Crippen LogP contribution in [0.25, 0.3) is 116 Å². The summed E-state index contributed by atoms with van der Waals surface area (Å²) in [6, 6.07) is 61.7. The van der Waals surface area contributed by atoms with E-state index in [9.17, 15) is 0 Å². The van der Waals surface area contributed by atoms with Crippen LogP contribution in [0.2, 0.25) is 0 Å². The highest BCUT2D eigenvalue weighted by atomic mass is 16.3. The Bertz CT molecular complexity index is 3860. The first-order chi connectivity index (χ1) is 30.7. The number of nitrogens with zero attached hydrogens (tertiary/aromatic N) is 3. The van der Waals surface area contributed by atoms with E-state index in [1.54, 1.807) is 0 Å². The Balaban J connectivity index is 1.05. The van der Waals surface area contributed by atoms with Gasteiger partial charge in [-0.05, 0) is 97.4 Å². The van der Waals surface area contributed by atoms with Gasteiger partial charge in [-0.2, -0.15) is 0 Å². The van der Waals surface area contributed by atoms with Gasteiger partial charge in [-0.3, -0.25) is 0 Å². The minimum atomic E-state index is -0.0895. The van der Waals surface area contributed by atoms with Gasteiger partial charge in [0.15, 0.2) is 11.6 Å². The molecule has 1 aliphatic rings. The van der Waals surface area contributed by atoms with E-state index in [0.717, 1.165) is 72.6 Å². The van der Waals surface area contributed by atoms with Gasteiger partial charge in [0, 0.05) is 33.0 Å². The molecule has 0 fully saturated rings. The van der Waals surface area contributed by atoms with Crippen LogP contribution < -0.4 is 0 Å². The zero-order chi connectivity index (χ0) is 40.7. The number of benzene rings is 9. The summed E-state index contributed by atoms with van der Waals surface area (Å²) in [5, 5.41) is 11.3. The number of hydrogen-bond donors (Lipinski definition) is 0. The largest absolute Gasteiger partial charge is 0.456 e. The minimum absolute atomic E-state index is 0.0895. The smallest absolute Gasteiger partial charge is 0.167 e. The van der Waals surface area contributed by atoms with E-state index in [-0.39, 0.29) is 5.92 Å². The molecule has 5 nitrogen and oxygen atoms in total. The first-order valence-corrected chi connectivity index (χ1v) is 21.1. The van der Waals surface area contributed by atoms with Gasteiger partial charge in [-0.25, -0.2) is 15.0 Å². The van der Waals surface area contributed by atoms with Crippen LogP contribution >= 0.6 is 0 Å². The third-order valence-corrected chi connectivity index (χ3v) is 12.6. The Hall–Kier alpha value is -8.15. The second-order valence-corrected chi connectivity index (χ2v) is 16.2. The molecular formula is C57H35N3O2. The van der Waals surface area contributed by atoms with Gasteiger partial charge in [-0.15, -0.1) is 0 Å². The lowest BCUT2D eigenvalue weighted by Gasteiger charge is -2.18. The second-order valence-electron chi connectivity index (χ2n) is 16.2. The van der Waals surface area contributed by atoms with Crippen molar-refractivity contribution in [2.45, 2.75) is 12.3 Å². The van der Waals surface area contributed by atoms with Crippen molar-refractivity contribution < 1.29 is 8.83 Å². The van der Waals surface area contributed by atoms with E-state index in [1.807, 2.05) is 30.3 Å². The summed E-state index contributed by atoms with van der Waals surface area (Å²) >= 11 is 0. The van der Waals surface area contributed by atoms with Crippen molar-refractivity contribution in [2.24, 2.45) is 0 Å². The molecule has 0 N–H and O–H groups in total. The van der Waals surface area contributed by atoms with Crippen molar-refractivity contribution in [3.63, 3.8) is 0 Å². The highest BCUT2D eigenvalue weighted by molar-refractivity contribution is 6.17. The molecule has 0 amide bonds. The first-order valence-electron chi connectivity index (χ1n) is 21.1. The average Bonchev–Trinajstić information content (AvgIpc) is 3.92. The molecule has 12 aromatic rings. The number of fused-ring (bicyclic) bond motifs is 10. The number of furan rings is 2. The van der Waals surface area contributed by atoms with E-state index in [1.165, 1.54) is 43.5 Å². The summed E-state index contributed by atoms with van der Waals surface area (Å²) in [5.74, 6) is 1.76. The van der Waals surface area contributed by atoms with Crippen LogP contribution in [-0.2, 0) is 0 Å². The van der Waals surface area contributed by atoms with Gasteiger partial charge in [0.2, 0.25) is 0 Å². The topological polar surface area (TPSA) is 65.0 Å². The molecule has 1 atom stereocenters. The maximum Gasteiger partial charge on any atom is 0.167 e. The minimum Gasteiger partial charge on any atom is -0.456 e. The highest BCUT2D eigenvalue weighted by Crippen LogP contribution is 2.44. The summed E-state index contributed by atoms with van der Waals surface area (Å²) in [7, 11) is 0. The van der Waals surface area contributed by atoms with Gasteiger partial charge < -0.3 is 8.83 Å². The fourth-order valence-corrected chi connectivity index (χ4v) is 9.69. The molecule has 1 aliphatic carbocycles. The molecule has 1 unspecified atom stereocenters. The van der Waals surface area contributed by atoms with E-state index in [4.69, 9.17) is 23.8 Å². The number of allylic oxidation sites excluding steroid dienone is 4. The van der Waals surface area contributed by atoms with Gasteiger partial charge in [0.25, 0.3) is 0 Å². The monoisotopic (exact) mass is 793 g/mol. The average molecular weight is 794 g/mol. The molecular weight excluding hydrogens is 759 g/mol. The van der Waals surface area contributed by atoms with Gasteiger partial charge in [-0.1, -0.05) is 158 Å². The third kappa shape index (κ3) is 5.45. The molecule has 13 rings (SSSR count). The lowest BCUT2D eigenvalue weighted by Crippen LogP contribution is -2.09. The highest BCUT2D eigenvalue weighted by Gasteiger charge is 2.24. The Morgan fingerprint density at radius 2 is 1.05 bits per heavy atom. The van der Waals surface area contributed by atoms with Gasteiger partial charge in [0.1, 0.15) is 28.2 Å². The van der Waals surface area contributed by atoms with E-state index >= 15 is 0 Å². The van der Waals surface area contributed by atoms with E-state index in [2.05, 4.69) is 164 Å². The van der Waals surface area contributed by atoms with Crippen molar-refractivity contribution >= 4 is 81.8 Å². The lowest BCUT2D eigenvalue weighted by molar-refractivity contribution is 0.668. The zero-order valence-corrected chi connectivity index (χ0v) is 33.4. The van der Waals surface area contributed by atoms with Crippen LogP contribution in [-0.4, -0.2) is 15.0 Å². The quantitative estimate of drug-likeness (QED) is 0.162. The molecule has 290 valence electrons. The molecule has 62 heavy (non-hydrogen) atoms. The summed E-state index contributed by atoms with van der Waals surface area (Å²) < 4.78 is 13.3. The van der Waals surface area contributed by atoms with Gasteiger partial charge >= 0.3 is 0 Å². The zero-order valence-electron chi connectivity index (χ0n) is 33.4. The van der Waals surface area contributed by atoms with Crippen LogP contribution in [0.15, 0.2) is 203 Å². The maximum atomic E-state index is 6.71. The van der Waals surface area contributed by atoms with Crippen molar-refractivity contribution in [1.29, 1.82) is 0 Å². The summed E-state index contributed by atoms with van der Waals surface area (Å²) in [5.41, 5.74) is 9.43. The predicted molar refractivity (Wildman–Crippen MR) is 254 cm³/mol. The molecule has 5 heteroatoms. The third-order valence-electron chi connectivity index (χ3n) is 12.6. The van der Waals surface area contributed by atoms with Crippen LogP contribution in [0.4, 0.5) is 0 Å². The van der Waals surface area contributed by atoms with Crippen LogP contribution in [0.3, 0.4) is 0 Å². The Morgan fingerprint density at radius 3 is 1.87 bits per heavy atom. The predicted octanol–water partition coefficient (Wildman–Crippen LogP) is 15.3. The maximum absolute atomic E-state index is 6.71. The Kier molecular flexibility index (Phi) is 7.66. The van der Waals surface area contributed by atoms with Crippen molar-refractivity contribution in [3.8, 4) is 33.9 Å². The molecule has 0 radical (unpaired) electrons. The van der Waals surface area contributed by atoms with Crippen molar-refractivity contribution in [3.05, 3.63) is 206 Å². The second kappa shape index (κ2) is 13.7. The number of aromatic nitrogens is 3.